The standard InChI is InChI=1S/C13H19N6O4P/c14-13-17-11(16-6-1-2-6)10-12(18-13)19(5-15-10)4-8-7(20)3-9(23-8)24(21)22/h5-9,20,24H,1-4H2,(H,21,22)(H3,14,16,17,18). The average molecular weight is 354 g/mol. The Balaban J connectivity index is 1.60. The van der Waals surface area contributed by atoms with Gasteiger partial charge in [0.2, 0.25) is 14.0 Å². The van der Waals surface area contributed by atoms with E-state index in [0.717, 1.165) is 12.8 Å². The minimum absolute atomic E-state index is 0.138. The first-order valence-corrected chi connectivity index (χ1v) is 9.26. The normalized spacial score (nSPS) is 28.3. The molecule has 1 saturated carbocycles. The van der Waals surface area contributed by atoms with E-state index in [4.69, 9.17) is 10.5 Å². The van der Waals surface area contributed by atoms with Gasteiger partial charge in [-0.1, -0.05) is 0 Å². The van der Waals surface area contributed by atoms with Crippen LogP contribution in [0.5, 0.6) is 0 Å². The highest BCUT2D eigenvalue weighted by Crippen LogP contribution is 2.36. The Morgan fingerprint density at radius 1 is 1.46 bits per heavy atom. The van der Waals surface area contributed by atoms with E-state index in [-0.39, 0.29) is 18.9 Å². The van der Waals surface area contributed by atoms with Crippen LogP contribution in [0.4, 0.5) is 11.8 Å². The number of anilines is 2. The molecule has 10 nitrogen and oxygen atoms in total. The molecule has 4 atom stereocenters. The van der Waals surface area contributed by atoms with E-state index in [1.165, 1.54) is 0 Å². The maximum atomic E-state index is 11.2. The molecule has 0 bridgehead atoms. The van der Waals surface area contributed by atoms with E-state index >= 15 is 0 Å². The molecule has 24 heavy (non-hydrogen) atoms. The van der Waals surface area contributed by atoms with Gasteiger partial charge in [-0.05, 0) is 12.8 Å². The van der Waals surface area contributed by atoms with Crippen LogP contribution in [0.2, 0.25) is 0 Å². The number of aliphatic hydroxyl groups is 1. The van der Waals surface area contributed by atoms with Crippen molar-refractivity contribution in [3.8, 4) is 0 Å². The summed E-state index contributed by atoms with van der Waals surface area (Å²) in [4.78, 5) is 22.0. The van der Waals surface area contributed by atoms with Crippen LogP contribution >= 0.6 is 8.03 Å². The molecule has 0 radical (unpaired) electrons. The van der Waals surface area contributed by atoms with Gasteiger partial charge < -0.3 is 30.4 Å². The van der Waals surface area contributed by atoms with Gasteiger partial charge in [-0.3, -0.25) is 4.57 Å². The van der Waals surface area contributed by atoms with Gasteiger partial charge in [-0.25, -0.2) is 4.98 Å². The van der Waals surface area contributed by atoms with E-state index in [2.05, 4.69) is 20.3 Å². The van der Waals surface area contributed by atoms with E-state index in [9.17, 15) is 14.6 Å². The van der Waals surface area contributed by atoms with Crippen LogP contribution in [0, 0.1) is 0 Å². The topological polar surface area (TPSA) is 148 Å². The highest BCUT2D eigenvalue weighted by Gasteiger charge is 2.37. The van der Waals surface area contributed by atoms with Crippen LogP contribution in [0.1, 0.15) is 19.3 Å². The summed E-state index contributed by atoms with van der Waals surface area (Å²) in [7, 11) is -2.83. The minimum Gasteiger partial charge on any atom is -0.390 e. The van der Waals surface area contributed by atoms with Crippen molar-refractivity contribution in [2.45, 2.75) is 49.9 Å². The molecular weight excluding hydrogens is 335 g/mol. The van der Waals surface area contributed by atoms with Crippen molar-refractivity contribution in [2.24, 2.45) is 0 Å². The molecule has 3 heterocycles. The lowest BCUT2D eigenvalue weighted by Crippen LogP contribution is -2.26. The summed E-state index contributed by atoms with van der Waals surface area (Å²) < 4.78 is 18.4. The lowest BCUT2D eigenvalue weighted by Gasteiger charge is -2.15. The van der Waals surface area contributed by atoms with Crippen LogP contribution in [-0.4, -0.2) is 53.6 Å². The highest BCUT2D eigenvalue weighted by molar-refractivity contribution is 7.38. The fourth-order valence-electron chi connectivity index (χ4n) is 2.86. The van der Waals surface area contributed by atoms with Crippen molar-refractivity contribution in [1.82, 2.24) is 19.5 Å². The Bertz CT molecular complexity index is 794. The lowest BCUT2D eigenvalue weighted by atomic mass is 10.2. The summed E-state index contributed by atoms with van der Waals surface area (Å²) in [6, 6.07) is 0.399. The molecule has 2 fully saturated rings. The second-order valence-electron chi connectivity index (χ2n) is 6.22. The average Bonchev–Trinajstić information content (AvgIpc) is 3.13. The van der Waals surface area contributed by atoms with Crippen LogP contribution in [-0.2, 0) is 15.8 Å². The summed E-state index contributed by atoms with van der Waals surface area (Å²) in [6.07, 6.45) is 2.52. The number of aliphatic hydroxyl groups excluding tert-OH is 1. The van der Waals surface area contributed by atoms with Crippen molar-refractivity contribution < 1.29 is 19.3 Å². The molecule has 2 aromatic rings. The zero-order chi connectivity index (χ0) is 16.8. The molecule has 1 saturated heterocycles. The molecule has 4 rings (SSSR count). The van der Waals surface area contributed by atoms with Gasteiger partial charge in [-0.2, -0.15) is 9.97 Å². The fraction of sp³-hybridized carbons (Fsp3) is 0.615. The van der Waals surface area contributed by atoms with Gasteiger partial charge in [0.1, 0.15) is 11.9 Å². The minimum atomic E-state index is -2.83. The number of rotatable bonds is 5. The van der Waals surface area contributed by atoms with E-state index in [1.54, 1.807) is 10.9 Å². The summed E-state index contributed by atoms with van der Waals surface area (Å²) in [6.45, 7) is 0.267. The monoisotopic (exact) mass is 354 g/mol. The number of hydrogen-bond acceptors (Lipinski definition) is 8. The van der Waals surface area contributed by atoms with Crippen LogP contribution in [0.25, 0.3) is 11.2 Å². The third-order valence-corrected chi connectivity index (χ3v) is 5.20. The van der Waals surface area contributed by atoms with Crippen LogP contribution in [0.15, 0.2) is 6.33 Å². The number of ether oxygens (including phenoxy) is 1. The van der Waals surface area contributed by atoms with E-state index in [1.807, 2.05) is 0 Å². The maximum absolute atomic E-state index is 11.2. The molecule has 0 spiro atoms. The van der Waals surface area contributed by atoms with Crippen LogP contribution in [0.3, 0.4) is 0 Å². The molecule has 0 aromatic carbocycles. The molecule has 1 aliphatic carbocycles. The van der Waals surface area contributed by atoms with Gasteiger partial charge in [0.25, 0.3) is 0 Å². The Hall–Kier alpha value is -1.74. The van der Waals surface area contributed by atoms with Gasteiger partial charge >= 0.3 is 0 Å². The summed E-state index contributed by atoms with van der Waals surface area (Å²) in [5, 5.41) is 13.3. The number of nitrogens with zero attached hydrogens (tertiary/aromatic N) is 4. The molecular formula is C13H19N6O4P. The highest BCUT2D eigenvalue weighted by atomic mass is 31.1. The molecule has 2 aromatic heterocycles. The van der Waals surface area contributed by atoms with E-state index in [0.29, 0.717) is 23.0 Å². The zero-order valence-corrected chi connectivity index (χ0v) is 13.8. The molecule has 130 valence electrons. The number of nitrogens with two attached hydrogens (primary N) is 1. The molecule has 1 aliphatic heterocycles. The van der Waals surface area contributed by atoms with Crippen molar-refractivity contribution in [1.29, 1.82) is 0 Å². The first kappa shape index (κ1) is 15.8. The zero-order valence-electron chi connectivity index (χ0n) is 12.8. The largest absolute Gasteiger partial charge is 0.390 e. The second kappa shape index (κ2) is 5.96. The Morgan fingerprint density at radius 3 is 2.92 bits per heavy atom. The first-order valence-electron chi connectivity index (χ1n) is 7.82. The molecule has 0 amide bonds. The third-order valence-electron chi connectivity index (χ3n) is 4.28. The van der Waals surface area contributed by atoms with Crippen molar-refractivity contribution >= 4 is 31.0 Å². The van der Waals surface area contributed by atoms with Crippen molar-refractivity contribution in [3.05, 3.63) is 6.33 Å². The third kappa shape index (κ3) is 2.98. The number of nitrogen functional groups attached to an aromatic ring is 1. The lowest BCUT2D eigenvalue weighted by molar-refractivity contribution is 0.0205. The fourth-order valence-corrected chi connectivity index (χ4v) is 3.60. The second-order valence-corrected chi connectivity index (χ2v) is 7.54. The maximum Gasteiger partial charge on any atom is 0.224 e. The van der Waals surface area contributed by atoms with Crippen molar-refractivity contribution in [3.63, 3.8) is 0 Å². The van der Waals surface area contributed by atoms with Crippen molar-refractivity contribution in [2.75, 3.05) is 11.1 Å². The first-order chi connectivity index (χ1) is 11.5. The Labute approximate surface area is 137 Å². The number of fused-ring (bicyclic) bond motifs is 1. The van der Waals surface area contributed by atoms with Gasteiger partial charge in [0, 0.05) is 12.5 Å². The number of imidazole rings is 1. The summed E-state index contributed by atoms with van der Waals surface area (Å²) >= 11 is 0. The SMILES string of the molecule is Nc1nc(NC2CC2)c2ncn(CC3OC([PH](=O)O)CC3O)c2n1. The molecule has 2 aliphatic rings. The molecule has 4 unspecified atom stereocenters. The van der Waals surface area contributed by atoms with Gasteiger partial charge in [0.15, 0.2) is 17.0 Å². The van der Waals surface area contributed by atoms with Gasteiger partial charge in [0.05, 0.1) is 19.0 Å². The Morgan fingerprint density at radius 2 is 2.25 bits per heavy atom. The summed E-state index contributed by atoms with van der Waals surface area (Å²) in [5.74, 6) is -0.0694. The quantitative estimate of drug-likeness (QED) is 0.541. The van der Waals surface area contributed by atoms with Crippen LogP contribution < -0.4 is 11.1 Å². The predicted octanol–water partition coefficient (Wildman–Crippen LogP) is -0.0743. The van der Waals surface area contributed by atoms with E-state index < -0.39 is 26.1 Å². The Kier molecular flexibility index (Phi) is 3.92. The smallest absolute Gasteiger partial charge is 0.224 e. The number of nitrogens with one attached hydrogen (secondary N) is 1. The predicted molar refractivity (Wildman–Crippen MR) is 86.9 cm³/mol. The molecule has 11 heteroatoms. The van der Waals surface area contributed by atoms with Gasteiger partial charge in [-0.15, -0.1) is 0 Å². The summed E-state index contributed by atoms with van der Waals surface area (Å²) in [5.41, 5.74) is 6.94. The number of aromatic nitrogens is 4. The molecule has 5 N–H and O–H groups in total. The number of hydrogen-bond donors (Lipinski definition) is 4.